The number of aromatic nitrogens is 2. The molecule has 1 fully saturated rings. The van der Waals surface area contributed by atoms with Gasteiger partial charge in [0, 0.05) is 37.7 Å². The first-order valence-corrected chi connectivity index (χ1v) is 10.3. The zero-order valence-electron chi connectivity index (χ0n) is 17.6. The molecular weight excluding hydrogens is 370 g/mol. The van der Waals surface area contributed by atoms with Crippen LogP contribution in [0.2, 0.25) is 0 Å². The largest absolute Gasteiger partial charge is 0.466 e. The highest BCUT2D eigenvalue weighted by molar-refractivity contribution is 5.95. The number of carbonyl (C=O) groups is 1. The van der Waals surface area contributed by atoms with Crippen LogP contribution >= 0.6 is 0 Å². The second-order valence-electron chi connectivity index (χ2n) is 8.00. The molecule has 0 aromatic carbocycles. The van der Waals surface area contributed by atoms with Crippen LogP contribution in [-0.2, 0) is 17.7 Å². The second-order valence-corrected chi connectivity index (χ2v) is 8.00. The van der Waals surface area contributed by atoms with E-state index < -0.39 is 0 Å². The third-order valence-corrected chi connectivity index (χ3v) is 5.33. The number of hydrogen-bond donors (Lipinski definition) is 1. The smallest absolute Gasteiger partial charge is 0.257 e. The first-order chi connectivity index (χ1) is 13.9. The molecule has 0 radical (unpaired) electrons. The van der Waals surface area contributed by atoms with Crippen LogP contribution in [0, 0.1) is 13.8 Å². The molecule has 0 unspecified atom stereocenters. The molecule has 2 aromatic heterocycles. The van der Waals surface area contributed by atoms with Crippen molar-refractivity contribution in [1.82, 2.24) is 14.9 Å². The molecule has 29 heavy (non-hydrogen) atoms. The lowest BCUT2D eigenvalue weighted by Crippen LogP contribution is -2.40. The topological polar surface area (TPSA) is 83.7 Å². The van der Waals surface area contributed by atoms with Crippen LogP contribution in [0.5, 0.6) is 0 Å². The van der Waals surface area contributed by atoms with Crippen molar-refractivity contribution in [2.45, 2.75) is 46.7 Å². The Morgan fingerprint density at radius 2 is 1.93 bits per heavy atom. The normalized spacial score (nSPS) is 16.9. The number of morpholine rings is 1. The minimum atomic E-state index is -0.00208. The summed E-state index contributed by atoms with van der Waals surface area (Å²) in [5.74, 6) is 2.99. The van der Waals surface area contributed by atoms with Gasteiger partial charge in [-0.25, -0.2) is 4.98 Å². The molecule has 8 heteroatoms. The Labute approximate surface area is 171 Å². The fraction of sp³-hybridized carbons (Fsp3) is 0.571. The molecule has 2 aromatic rings. The van der Waals surface area contributed by atoms with Crippen molar-refractivity contribution < 1.29 is 13.9 Å². The lowest BCUT2D eigenvalue weighted by Gasteiger charge is -2.32. The van der Waals surface area contributed by atoms with Crippen molar-refractivity contribution >= 4 is 17.7 Å². The quantitative estimate of drug-likeness (QED) is 0.846. The van der Waals surface area contributed by atoms with Gasteiger partial charge >= 0.3 is 0 Å². The third kappa shape index (κ3) is 4.07. The zero-order valence-corrected chi connectivity index (χ0v) is 17.6. The summed E-state index contributed by atoms with van der Waals surface area (Å²) < 4.78 is 11.0. The summed E-state index contributed by atoms with van der Waals surface area (Å²) >= 11 is 0. The summed E-state index contributed by atoms with van der Waals surface area (Å²) in [6, 6.07) is 2.05. The number of hydrogen-bond acceptors (Lipinski definition) is 7. The molecule has 1 amide bonds. The molecule has 2 aliphatic rings. The van der Waals surface area contributed by atoms with Crippen molar-refractivity contribution in [3.63, 3.8) is 0 Å². The van der Waals surface area contributed by atoms with Crippen molar-refractivity contribution in [1.29, 1.82) is 0 Å². The fourth-order valence-corrected chi connectivity index (χ4v) is 3.89. The summed E-state index contributed by atoms with van der Waals surface area (Å²) in [5.41, 5.74) is 2.66. The maximum absolute atomic E-state index is 13.1. The van der Waals surface area contributed by atoms with Crippen LogP contribution in [0.1, 0.15) is 47.0 Å². The summed E-state index contributed by atoms with van der Waals surface area (Å²) in [5, 5.41) is 3.46. The summed E-state index contributed by atoms with van der Waals surface area (Å²) in [6.07, 6.45) is 0.712. The van der Waals surface area contributed by atoms with Crippen LogP contribution in [0.3, 0.4) is 0 Å². The number of nitrogens with zero attached hydrogens (tertiary/aromatic N) is 4. The van der Waals surface area contributed by atoms with Gasteiger partial charge in [-0.2, -0.15) is 4.98 Å². The van der Waals surface area contributed by atoms with E-state index in [0.717, 1.165) is 41.9 Å². The number of aryl methyl sites for hydroxylation is 2. The predicted octanol–water partition coefficient (Wildman–Crippen LogP) is 2.54. The number of amides is 1. The molecule has 0 atom stereocenters. The summed E-state index contributed by atoms with van der Waals surface area (Å²) in [4.78, 5) is 26.8. The Bertz CT molecular complexity index is 902. The van der Waals surface area contributed by atoms with Crippen LogP contribution in [-0.4, -0.2) is 59.7 Å². The Balaban J connectivity index is 1.63. The van der Waals surface area contributed by atoms with Gasteiger partial charge < -0.3 is 24.3 Å². The van der Waals surface area contributed by atoms with E-state index >= 15 is 0 Å². The van der Waals surface area contributed by atoms with E-state index in [9.17, 15) is 4.79 Å². The van der Waals surface area contributed by atoms with E-state index in [-0.39, 0.29) is 11.9 Å². The second kappa shape index (κ2) is 8.02. The van der Waals surface area contributed by atoms with Gasteiger partial charge in [0.2, 0.25) is 5.95 Å². The Morgan fingerprint density at radius 3 is 2.59 bits per heavy atom. The Kier molecular flexibility index (Phi) is 5.45. The first-order valence-electron chi connectivity index (χ1n) is 10.3. The molecule has 156 valence electrons. The average Bonchev–Trinajstić information content (AvgIpc) is 3.05. The zero-order chi connectivity index (χ0) is 20.5. The van der Waals surface area contributed by atoms with Crippen molar-refractivity contribution in [3.8, 4) is 0 Å². The van der Waals surface area contributed by atoms with Gasteiger partial charge in [0.1, 0.15) is 17.3 Å². The lowest BCUT2D eigenvalue weighted by atomic mass is 10.0. The SMILES string of the molecule is Cc1cc(C(=O)N2CCc3nc(N4CCOCC4)nc(NC(C)C)c3C2)c(C)o1. The van der Waals surface area contributed by atoms with E-state index in [1.165, 1.54) is 0 Å². The molecule has 4 rings (SSSR count). The van der Waals surface area contributed by atoms with Gasteiger partial charge in [-0.1, -0.05) is 0 Å². The minimum absolute atomic E-state index is 0.00208. The van der Waals surface area contributed by atoms with E-state index in [4.69, 9.17) is 19.1 Å². The molecule has 1 saturated heterocycles. The van der Waals surface area contributed by atoms with Crippen LogP contribution in [0.15, 0.2) is 10.5 Å². The minimum Gasteiger partial charge on any atom is -0.466 e. The molecule has 0 spiro atoms. The lowest BCUT2D eigenvalue weighted by molar-refractivity contribution is 0.0732. The van der Waals surface area contributed by atoms with Gasteiger partial charge in [0.25, 0.3) is 5.91 Å². The van der Waals surface area contributed by atoms with Crippen molar-refractivity contribution in [3.05, 3.63) is 34.4 Å². The Hall–Kier alpha value is -2.61. The van der Waals surface area contributed by atoms with Gasteiger partial charge in [-0.3, -0.25) is 4.79 Å². The van der Waals surface area contributed by atoms with E-state index in [1.54, 1.807) is 0 Å². The highest BCUT2D eigenvalue weighted by Gasteiger charge is 2.29. The molecular formula is C21H29N5O3. The number of furan rings is 1. The van der Waals surface area contributed by atoms with Crippen LogP contribution in [0.25, 0.3) is 0 Å². The highest BCUT2D eigenvalue weighted by Crippen LogP contribution is 2.29. The molecule has 1 N–H and O–H groups in total. The summed E-state index contributed by atoms with van der Waals surface area (Å²) in [7, 11) is 0. The molecule has 2 aliphatic heterocycles. The number of nitrogens with one attached hydrogen (secondary N) is 1. The highest BCUT2D eigenvalue weighted by atomic mass is 16.5. The van der Waals surface area contributed by atoms with Gasteiger partial charge in [-0.15, -0.1) is 0 Å². The molecule has 0 saturated carbocycles. The van der Waals surface area contributed by atoms with E-state index in [0.29, 0.717) is 44.0 Å². The fourth-order valence-electron chi connectivity index (χ4n) is 3.89. The maximum Gasteiger partial charge on any atom is 0.257 e. The van der Waals surface area contributed by atoms with E-state index in [2.05, 4.69) is 24.1 Å². The number of fused-ring (bicyclic) bond motifs is 1. The van der Waals surface area contributed by atoms with Gasteiger partial charge in [-0.05, 0) is 33.8 Å². The van der Waals surface area contributed by atoms with Crippen molar-refractivity contribution in [2.75, 3.05) is 43.1 Å². The molecule has 8 nitrogen and oxygen atoms in total. The number of anilines is 2. The van der Waals surface area contributed by atoms with Crippen LogP contribution in [0.4, 0.5) is 11.8 Å². The van der Waals surface area contributed by atoms with Crippen molar-refractivity contribution in [2.24, 2.45) is 0 Å². The number of rotatable bonds is 4. The number of carbonyl (C=O) groups excluding carboxylic acids is 1. The average molecular weight is 399 g/mol. The maximum atomic E-state index is 13.1. The van der Waals surface area contributed by atoms with Gasteiger partial charge in [0.05, 0.1) is 31.0 Å². The monoisotopic (exact) mass is 399 g/mol. The molecule has 4 heterocycles. The molecule has 0 bridgehead atoms. The third-order valence-electron chi connectivity index (χ3n) is 5.33. The summed E-state index contributed by atoms with van der Waals surface area (Å²) in [6.45, 7) is 12.0. The molecule has 0 aliphatic carbocycles. The van der Waals surface area contributed by atoms with Gasteiger partial charge in [0.15, 0.2) is 0 Å². The predicted molar refractivity (Wildman–Crippen MR) is 110 cm³/mol. The first kappa shape index (κ1) is 19.7. The number of ether oxygens (including phenoxy) is 1. The van der Waals surface area contributed by atoms with Crippen LogP contribution < -0.4 is 10.2 Å². The Morgan fingerprint density at radius 1 is 1.17 bits per heavy atom. The standard InChI is InChI=1S/C21H29N5O3/c1-13(2)22-19-17-12-26(20(27)16-11-14(3)29-15(16)4)6-5-18(17)23-21(24-19)25-7-9-28-10-8-25/h11,13H,5-10,12H2,1-4H3,(H,22,23,24). The van der Waals surface area contributed by atoms with E-state index in [1.807, 2.05) is 24.8 Å².